The largest absolute Gasteiger partial charge is 0.341 e. The van der Waals surface area contributed by atoms with Crippen LogP contribution in [0.4, 0.5) is 0 Å². The Labute approximate surface area is 104 Å². The number of aromatic nitrogens is 5. The van der Waals surface area contributed by atoms with E-state index in [1.807, 2.05) is 4.68 Å². The van der Waals surface area contributed by atoms with Crippen molar-refractivity contribution in [1.82, 2.24) is 24.8 Å². The van der Waals surface area contributed by atoms with Gasteiger partial charge in [-0.2, -0.15) is 0 Å². The van der Waals surface area contributed by atoms with E-state index in [0.29, 0.717) is 6.04 Å². The first-order valence-corrected chi connectivity index (χ1v) is 6.17. The van der Waals surface area contributed by atoms with Crippen molar-refractivity contribution in [3.63, 3.8) is 0 Å². The van der Waals surface area contributed by atoms with Gasteiger partial charge < -0.3 is 4.57 Å². The molecule has 0 spiro atoms. The van der Waals surface area contributed by atoms with Gasteiger partial charge in [-0.1, -0.05) is 18.2 Å². The van der Waals surface area contributed by atoms with Crippen LogP contribution in [-0.4, -0.2) is 24.8 Å². The Balaban J connectivity index is 1.96. The molecule has 0 atom stereocenters. The first-order valence-electron chi connectivity index (χ1n) is 6.17. The molecule has 90 valence electrons. The minimum absolute atomic E-state index is 0.494. The number of rotatable bonds is 2. The van der Waals surface area contributed by atoms with Crippen molar-refractivity contribution in [2.75, 3.05) is 0 Å². The van der Waals surface area contributed by atoms with Gasteiger partial charge >= 0.3 is 0 Å². The molecule has 0 radical (unpaired) electrons. The van der Waals surface area contributed by atoms with Crippen LogP contribution in [0.15, 0.2) is 30.3 Å². The highest BCUT2D eigenvalue weighted by Crippen LogP contribution is 2.37. The third-order valence-electron chi connectivity index (χ3n) is 3.57. The fourth-order valence-corrected chi connectivity index (χ4v) is 2.43. The fourth-order valence-electron chi connectivity index (χ4n) is 2.43. The number of para-hydroxylation sites is 1. The summed E-state index contributed by atoms with van der Waals surface area (Å²) in [4.78, 5) is 0. The lowest BCUT2D eigenvalue weighted by atomic mass is 10.2. The molecule has 5 nitrogen and oxygen atoms in total. The summed E-state index contributed by atoms with van der Waals surface area (Å²) in [5.41, 5.74) is 2.28. The predicted molar refractivity (Wildman–Crippen MR) is 68.0 cm³/mol. The zero-order chi connectivity index (χ0) is 12.1. The monoisotopic (exact) mass is 239 g/mol. The summed E-state index contributed by atoms with van der Waals surface area (Å²) >= 11 is 0. The molecule has 0 saturated heterocycles. The van der Waals surface area contributed by atoms with E-state index in [4.69, 9.17) is 0 Å². The Hall–Kier alpha value is -2.17. The average molecular weight is 239 g/mol. The number of aryl methyl sites for hydroxylation is 1. The van der Waals surface area contributed by atoms with Gasteiger partial charge in [-0.15, -0.1) is 5.10 Å². The number of benzene rings is 1. The lowest BCUT2D eigenvalue weighted by molar-refractivity contribution is 0.613. The molecule has 1 aliphatic rings. The minimum atomic E-state index is 0.494. The maximum atomic E-state index is 4.18. The van der Waals surface area contributed by atoms with Crippen LogP contribution in [0.5, 0.6) is 0 Å². The topological polar surface area (TPSA) is 48.5 Å². The second-order valence-electron chi connectivity index (χ2n) is 4.83. The van der Waals surface area contributed by atoms with Crippen LogP contribution in [-0.2, 0) is 7.05 Å². The van der Waals surface area contributed by atoms with Crippen molar-refractivity contribution in [2.24, 2.45) is 7.05 Å². The van der Waals surface area contributed by atoms with Crippen LogP contribution >= 0.6 is 0 Å². The average Bonchev–Trinajstić information content (AvgIpc) is 3.04. The lowest BCUT2D eigenvalue weighted by Crippen LogP contribution is -2.02. The molecule has 0 aliphatic heterocycles. The Morgan fingerprint density at radius 1 is 1.22 bits per heavy atom. The number of hydrogen-bond acceptors (Lipinski definition) is 3. The van der Waals surface area contributed by atoms with E-state index in [9.17, 15) is 0 Å². The molecule has 2 aromatic heterocycles. The normalized spacial score (nSPS) is 15.4. The van der Waals surface area contributed by atoms with Gasteiger partial charge in [0.05, 0.1) is 11.7 Å². The standard InChI is InChI=1S/C13H13N5/c1-17-11-5-3-2-4-9(11)8-12(17)13-14-15-16-18(13)10-6-7-10/h2-5,8,10H,6-7H2,1H3. The Morgan fingerprint density at radius 2 is 2.06 bits per heavy atom. The zero-order valence-corrected chi connectivity index (χ0v) is 10.1. The third kappa shape index (κ3) is 1.30. The predicted octanol–water partition coefficient (Wildman–Crippen LogP) is 2.17. The van der Waals surface area contributed by atoms with E-state index in [1.165, 1.54) is 23.7 Å². The van der Waals surface area contributed by atoms with Gasteiger partial charge in [0.25, 0.3) is 0 Å². The SMILES string of the molecule is Cn1c(-c2nnnn2C2CC2)cc2ccccc21. The highest BCUT2D eigenvalue weighted by molar-refractivity contribution is 5.85. The molecule has 4 rings (SSSR count). The van der Waals surface area contributed by atoms with E-state index < -0.39 is 0 Å². The summed E-state index contributed by atoms with van der Waals surface area (Å²) in [6.45, 7) is 0. The molecule has 0 amide bonds. The van der Waals surface area contributed by atoms with Gasteiger partial charge in [-0.25, -0.2) is 4.68 Å². The maximum absolute atomic E-state index is 4.18. The van der Waals surface area contributed by atoms with E-state index in [-0.39, 0.29) is 0 Å². The molecule has 1 saturated carbocycles. The number of hydrogen-bond donors (Lipinski definition) is 0. The van der Waals surface area contributed by atoms with Crippen LogP contribution in [0, 0.1) is 0 Å². The van der Waals surface area contributed by atoms with Gasteiger partial charge in [-0.3, -0.25) is 0 Å². The Morgan fingerprint density at radius 3 is 2.83 bits per heavy atom. The van der Waals surface area contributed by atoms with Crippen molar-refractivity contribution in [1.29, 1.82) is 0 Å². The molecule has 0 N–H and O–H groups in total. The minimum Gasteiger partial charge on any atom is -0.341 e. The molecule has 3 aromatic rings. The third-order valence-corrected chi connectivity index (χ3v) is 3.57. The molecule has 1 aliphatic carbocycles. The molecule has 18 heavy (non-hydrogen) atoms. The quantitative estimate of drug-likeness (QED) is 0.688. The van der Waals surface area contributed by atoms with Gasteiger partial charge in [-0.05, 0) is 35.4 Å². The van der Waals surface area contributed by atoms with Crippen LogP contribution in [0.3, 0.4) is 0 Å². The molecular weight excluding hydrogens is 226 g/mol. The number of tetrazole rings is 1. The van der Waals surface area contributed by atoms with Crippen LogP contribution < -0.4 is 0 Å². The van der Waals surface area contributed by atoms with Crippen LogP contribution in [0.1, 0.15) is 18.9 Å². The summed E-state index contributed by atoms with van der Waals surface area (Å²) in [5.74, 6) is 0.871. The summed E-state index contributed by atoms with van der Waals surface area (Å²) < 4.78 is 4.11. The first-order chi connectivity index (χ1) is 8.84. The van der Waals surface area contributed by atoms with E-state index in [2.05, 4.69) is 57.5 Å². The van der Waals surface area contributed by atoms with E-state index in [0.717, 1.165) is 11.5 Å². The van der Waals surface area contributed by atoms with Crippen molar-refractivity contribution in [3.8, 4) is 11.5 Å². The highest BCUT2D eigenvalue weighted by atomic mass is 15.6. The maximum Gasteiger partial charge on any atom is 0.198 e. The first kappa shape index (κ1) is 9.82. The van der Waals surface area contributed by atoms with Crippen molar-refractivity contribution < 1.29 is 0 Å². The summed E-state index contributed by atoms with van der Waals surface area (Å²) in [6, 6.07) is 11.0. The summed E-state index contributed by atoms with van der Waals surface area (Å²) in [7, 11) is 2.06. The number of nitrogens with zero attached hydrogens (tertiary/aromatic N) is 5. The van der Waals surface area contributed by atoms with Gasteiger partial charge in [0.2, 0.25) is 0 Å². The van der Waals surface area contributed by atoms with Crippen molar-refractivity contribution in [2.45, 2.75) is 18.9 Å². The molecular formula is C13H13N5. The van der Waals surface area contributed by atoms with Crippen molar-refractivity contribution in [3.05, 3.63) is 30.3 Å². The Kier molecular flexibility index (Phi) is 1.86. The van der Waals surface area contributed by atoms with Gasteiger partial charge in [0, 0.05) is 18.0 Å². The smallest absolute Gasteiger partial charge is 0.198 e. The fraction of sp³-hybridized carbons (Fsp3) is 0.308. The number of fused-ring (bicyclic) bond motifs is 1. The van der Waals surface area contributed by atoms with E-state index in [1.54, 1.807) is 0 Å². The highest BCUT2D eigenvalue weighted by Gasteiger charge is 2.29. The van der Waals surface area contributed by atoms with Gasteiger partial charge in [0.1, 0.15) is 0 Å². The summed E-state index contributed by atoms with van der Waals surface area (Å²) in [6.07, 6.45) is 2.37. The molecule has 2 heterocycles. The van der Waals surface area contributed by atoms with Gasteiger partial charge in [0.15, 0.2) is 5.82 Å². The molecule has 1 aromatic carbocycles. The molecule has 5 heteroatoms. The van der Waals surface area contributed by atoms with Crippen molar-refractivity contribution >= 4 is 10.9 Å². The van der Waals surface area contributed by atoms with Crippen LogP contribution in [0.2, 0.25) is 0 Å². The zero-order valence-electron chi connectivity index (χ0n) is 10.1. The summed E-state index contributed by atoms with van der Waals surface area (Å²) in [5, 5.41) is 13.3. The molecule has 1 fully saturated rings. The Bertz CT molecular complexity index is 720. The lowest BCUT2D eigenvalue weighted by Gasteiger charge is -2.04. The second-order valence-corrected chi connectivity index (χ2v) is 4.83. The van der Waals surface area contributed by atoms with Crippen LogP contribution in [0.25, 0.3) is 22.4 Å². The van der Waals surface area contributed by atoms with E-state index >= 15 is 0 Å². The molecule has 0 unspecified atom stereocenters. The molecule has 0 bridgehead atoms. The second kappa shape index (κ2) is 3.41.